The van der Waals surface area contributed by atoms with Crippen molar-refractivity contribution in [3.05, 3.63) is 71.8 Å². The van der Waals surface area contributed by atoms with Crippen molar-refractivity contribution in [2.45, 2.75) is 25.3 Å². The van der Waals surface area contributed by atoms with Gasteiger partial charge in [-0.05, 0) is 66.3 Å². The first-order valence-corrected chi connectivity index (χ1v) is 9.67. The highest BCUT2D eigenvalue weighted by Crippen LogP contribution is 2.51. The first-order valence-electron chi connectivity index (χ1n) is 9.67. The lowest BCUT2D eigenvalue weighted by Gasteiger charge is -2.37. The van der Waals surface area contributed by atoms with Crippen LogP contribution >= 0.6 is 0 Å². The zero-order valence-corrected chi connectivity index (χ0v) is 16.7. The molecule has 0 amide bonds. The lowest BCUT2D eigenvalue weighted by Crippen LogP contribution is -2.29. The number of nitrogens with one attached hydrogen (secondary N) is 1. The Morgan fingerprint density at radius 1 is 1.11 bits per heavy atom. The van der Waals surface area contributed by atoms with Gasteiger partial charge in [0.05, 0.1) is 20.3 Å². The number of methoxy groups -OCH3 is 2. The number of benzene rings is 2. The molecule has 0 fully saturated rings. The largest absolute Gasteiger partial charge is 0.493 e. The van der Waals surface area contributed by atoms with Crippen LogP contribution in [-0.2, 0) is 0 Å². The molecule has 28 heavy (non-hydrogen) atoms. The number of rotatable bonds is 6. The fraction of sp³-hybridized carbons (Fsp3) is 0.333. The molecular formula is C24H27NO3. The molecule has 3 atom stereocenters. The van der Waals surface area contributed by atoms with E-state index in [-0.39, 0.29) is 6.04 Å². The first kappa shape index (κ1) is 18.5. The van der Waals surface area contributed by atoms with E-state index in [1.165, 1.54) is 11.1 Å². The number of ether oxygens (including phenoxy) is 3. The molecule has 3 unspecified atom stereocenters. The van der Waals surface area contributed by atoms with Crippen molar-refractivity contribution in [2.75, 3.05) is 26.1 Å². The Labute approximate surface area is 166 Å². The second kappa shape index (κ2) is 7.63. The molecule has 2 aromatic carbocycles. The maximum Gasteiger partial charge on any atom is 0.161 e. The number of fused-ring (bicyclic) bond motifs is 3. The van der Waals surface area contributed by atoms with E-state index in [0.717, 1.165) is 34.9 Å². The van der Waals surface area contributed by atoms with Crippen molar-refractivity contribution < 1.29 is 14.2 Å². The predicted octanol–water partition coefficient (Wildman–Crippen LogP) is 5.49. The minimum Gasteiger partial charge on any atom is -0.493 e. The lowest BCUT2D eigenvalue weighted by atomic mass is 9.77. The van der Waals surface area contributed by atoms with Crippen molar-refractivity contribution in [3.8, 4) is 17.2 Å². The summed E-state index contributed by atoms with van der Waals surface area (Å²) in [6.45, 7) is 6.43. The second-order valence-corrected chi connectivity index (χ2v) is 7.58. The lowest BCUT2D eigenvalue weighted by molar-refractivity contribution is 0.349. The Morgan fingerprint density at radius 2 is 1.93 bits per heavy atom. The summed E-state index contributed by atoms with van der Waals surface area (Å²) >= 11 is 0. The second-order valence-electron chi connectivity index (χ2n) is 7.58. The van der Waals surface area contributed by atoms with E-state index in [2.05, 4.69) is 48.3 Å². The highest BCUT2D eigenvalue weighted by atomic mass is 16.5. The molecule has 0 saturated heterocycles. The maximum atomic E-state index is 5.87. The molecule has 2 aromatic rings. The molecule has 0 saturated carbocycles. The molecule has 1 N–H and O–H groups in total. The smallest absolute Gasteiger partial charge is 0.161 e. The average molecular weight is 377 g/mol. The molecule has 1 aliphatic carbocycles. The van der Waals surface area contributed by atoms with Crippen molar-refractivity contribution in [1.29, 1.82) is 0 Å². The van der Waals surface area contributed by atoms with Gasteiger partial charge in [-0.1, -0.05) is 24.8 Å². The van der Waals surface area contributed by atoms with Crippen LogP contribution in [-0.4, -0.2) is 20.8 Å². The van der Waals surface area contributed by atoms with Crippen LogP contribution in [0.15, 0.2) is 60.7 Å². The van der Waals surface area contributed by atoms with Crippen molar-refractivity contribution in [3.63, 3.8) is 0 Å². The summed E-state index contributed by atoms with van der Waals surface area (Å²) in [6, 6.07) is 12.7. The summed E-state index contributed by atoms with van der Waals surface area (Å²) in [5.41, 5.74) is 4.69. The summed E-state index contributed by atoms with van der Waals surface area (Å²) in [6.07, 6.45) is 5.68. The summed E-state index contributed by atoms with van der Waals surface area (Å²) in [4.78, 5) is 0. The Bertz CT molecular complexity index is 918. The maximum absolute atomic E-state index is 5.87. The van der Waals surface area contributed by atoms with Crippen molar-refractivity contribution in [2.24, 2.45) is 5.92 Å². The van der Waals surface area contributed by atoms with Gasteiger partial charge in [-0.15, -0.1) is 0 Å². The highest BCUT2D eigenvalue weighted by molar-refractivity contribution is 5.62. The molecule has 0 bridgehead atoms. The molecule has 0 spiro atoms. The van der Waals surface area contributed by atoms with Crippen molar-refractivity contribution >= 4 is 5.69 Å². The van der Waals surface area contributed by atoms with Gasteiger partial charge in [-0.3, -0.25) is 0 Å². The van der Waals surface area contributed by atoms with E-state index < -0.39 is 0 Å². The molecule has 146 valence electrons. The van der Waals surface area contributed by atoms with Gasteiger partial charge in [0.15, 0.2) is 11.5 Å². The Kier molecular flexibility index (Phi) is 5.03. The van der Waals surface area contributed by atoms with Crippen LogP contribution in [0.2, 0.25) is 0 Å². The van der Waals surface area contributed by atoms with Crippen LogP contribution in [0.25, 0.3) is 0 Å². The van der Waals surface area contributed by atoms with E-state index in [9.17, 15) is 0 Å². The fourth-order valence-corrected chi connectivity index (χ4v) is 4.25. The minimum atomic E-state index is 0.217. The average Bonchev–Trinajstić information content (AvgIpc) is 3.21. The summed E-state index contributed by atoms with van der Waals surface area (Å²) in [7, 11) is 3.34. The van der Waals surface area contributed by atoms with Gasteiger partial charge in [0.25, 0.3) is 0 Å². The van der Waals surface area contributed by atoms with E-state index in [1.807, 2.05) is 19.1 Å². The third-order valence-electron chi connectivity index (χ3n) is 5.59. The summed E-state index contributed by atoms with van der Waals surface area (Å²) in [5.74, 6) is 3.25. The predicted molar refractivity (Wildman–Crippen MR) is 113 cm³/mol. The van der Waals surface area contributed by atoms with Crippen LogP contribution in [0.4, 0.5) is 5.69 Å². The SMILES string of the molecule is C=C(C)COc1ccc2c(c1)C1C=CCC1C(c1ccc(OC)c(OC)c1)N2. The third-order valence-corrected chi connectivity index (χ3v) is 5.59. The molecule has 2 aliphatic rings. The number of hydrogen-bond acceptors (Lipinski definition) is 4. The van der Waals surface area contributed by atoms with Crippen LogP contribution in [0, 0.1) is 5.92 Å². The highest BCUT2D eigenvalue weighted by Gasteiger charge is 2.38. The molecule has 1 heterocycles. The number of allylic oxidation sites excluding steroid dienone is 2. The van der Waals surface area contributed by atoms with Gasteiger partial charge in [-0.25, -0.2) is 0 Å². The Balaban J connectivity index is 1.66. The molecule has 4 nitrogen and oxygen atoms in total. The van der Waals surface area contributed by atoms with Gasteiger partial charge in [0, 0.05) is 11.6 Å². The minimum absolute atomic E-state index is 0.217. The number of anilines is 1. The summed E-state index contributed by atoms with van der Waals surface area (Å²) < 4.78 is 16.8. The molecule has 4 rings (SSSR count). The van der Waals surface area contributed by atoms with Crippen molar-refractivity contribution in [1.82, 2.24) is 0 Å². The molecule has 0 radical (unpaired) electrons. The van der Waals surface area contributed by atoms with Gasteiger partial charge >= 0.3 is 0 Å². The normalized spacial score (nSPS) is 22.0. The number of hydrogen-bond donors (Lipinski definition) is 1. The standard InChI is InChI=1S/C24H27NO3/c1-15(2)14-28-17-9-10-21-20(13-17)18-6-5-7-19(18)24(25-21)16-8-11-22(26-3)23(12-16)27-4/h5-6,8-13,18-19,24-25H,1,7,14H2,2-4H3. The van der Waals surface area contributed by atoms with E-state index in [1.54, 1.807) is 14.2 Å². The van der Waals surface area contributed by atoms with Crippen LogP contribution in [0.1, 0.15) is 36.4 Å². The summed E-state index contributed by atoms with van der Waals surface area (Å²) in [5, 5.41) is 3.76. The molecule has 4 heteroatoms. The Morgan fingerprint density at radius 3 is 2.68 bits per heavy atom. The molecular weight excluding hydrogens is 350 g/mol. The van der Waals surface area contributed by atoms with Gasteiger partial charge in [-0.2, -0.15) is 0 Å². The fourth-order valence-electron chi connectivity index (χ4n) is 4.25. The van der Waals surface area contributed by atoms with E-state index in [0.29, 0.717) is 18.4 Å². The first-order chi connectivity index (χ1) is 13.6. The zero-order chi connectivity index (χ0) is 19.7. The van der Waals surface area contributed by atoms with E-state index >= 15 is 0 Å². The third kappa shape index (κ3) is 3.35. The molecule has 1 aliphatic heterocycles. The molecule has 0 aromatic heterocycles. The zero-order valence-electron chi connectivity index (χ0n) is 16.7. The van der Waals surface area contributed by atoms with Crippen LogP contribution < -0.4 is 19.5 Å². The Hall–Kier alpha value is -2.88. The monoisotopic (exact) mass is 377 g/mol. The van der Waals surface area contributed by atoms with Gasteiger partial charge in [0.2, 0.25) is 0 Å². The van der Waals surface area contributed by atoms with E-state index in [4.69, 9.17) is 14.2 Å². The van der Waals surface area contributed by atoms with Crippen LogP contribution in [0.3, 0.4) is 0 Å². The van der Waals surface area contributed by atoms with Gasteiger partial charge < -0.3 is 19.5 Å². The van der Waals surface area contributed by atoms with Gasteiger partial charge in [0.1, 0.15) is 12.4 Å². The topological polar surface area (TPSA) is 39.7 Å². The van der Waals surface area contributed by atoms with Crippen LogP contribution in [0.5, 0.6) is 17.2 Å². The quantitative estimate of drug-likeness (QED) is 0.676.